The van der Waals surface area contributed by atoms with Gasteiger partial charge in [0.1, 0.15) is 0 Å². The van der Waals surface area contributed by atoms with Crippen LogP contribution in [-0.2, 0) is 0 Å². The molecular formula is C22H46. The van der Waals surface area contributed by atoms with E-state index in [2.05, 4.69) is 27.7 Å². The summed E-state index contributed by atoms with van der Waals surface area (Å²) in [5.74, 6) is 2.03. The van der Waals surface area contributed by atoms with Gasteiger partial charge in [-0.2, -0.15) is 0 Å². The number of hydrogen-bond acceptors (Lipinski definition) is 0. The minimum atomic E-state index is 0.697. The molecule has 0 nitrogen and oxygen atoms in total. The third-order valence-electron chi connectivity index (χ3n) is 6.01. The van der Waals surface area contributed by atoms with E-state index in [9.17, 15) is 0 Å². The molecule has 0 heteroatoms. The average Bonchev–Trinajstić information content (AvgIpc) is 2.56. The lowest BCUT2D eigenvalue weighted by Crippen LogP contribution is -2.29. The monoisotopic (exact) mass is 310 g/mol. The van der Waals surface area contributed by atoms with Crippen LogP contribution in [0, 0.1) is 17.3 Å². The van der Waals surface area contributed by atoms with Crippen LogP contribution in [-0.4, -0.2) is 0 Å². The second kappa shape index (κ2) is 13.4. The molecule has 0 bridgehead atoms. The van der Waals surface area contributed by atoms with Crippen molar-refractivity contribution < 1.29 is 0 Å². The molecule has 1 atom stereocenters. The molecule has 0 heterocycles. The van der Waals surface area contributed by atoms with Gasteiger partial charge in [0.15, 0.2) is 0 Å². The van der Waals surface area contributed by atoms with Crippen LogP contribution >= 0.6 is 0 Å². The summed E-state index contributed by atoms with van der Waals surface area (Å²) in [5, 5.41) is 0. The molecule has 2 fully saturated rings. The van der Waals surface area contributed by atoms with E-state index < -0.39 is 0 Å². The van der Waals surface area contributed by atoms with E-state index in [-0.39, 0.29) is 0 Å². The molecule has 0 radical (unpaired) electrons. The predicted octanol–water partition coefficient (Wildman–Crippen LogP) is 8.40. The van der Waals surface area contributed by atoms with Crippen LogP contribution in [0.4, 0.5) is 0 Å². The van der Waals surface area contributed by atoms with Gasteiger partial charge in [-0.3, -0.25) is 0 Å². The number of hydrogen-bond donors (Lipinski definition) is 0. The molecule has 0 aromatic carbocycles. The smallest absolute Gasteiger partial charge is 0.0298 e. The van der Waals surface area contributed by atoms with Gasteiger partial charge in [0.2, 0.25) is 0 Å². The fourth-order valence-corrected chi connectivity index (χ4v) is 4.47. The first kappa shape index (κ1) is 22.0. The van der Waals surface area contributed by atoms with Crippen molar-refractivity contribution in [3.63, 3.8) is 0 Å². The Labute approximate surface area is 142 Å². The van der Waals surface area contributed by atoms with Gasteiger partial charge in [-0.05, 0) is 30.1 Å². The van der Waals surface area contributed by atoms with Crippen molar-refractivity contribution in [2.75, 3.05) is 0 Å². The quantitative estimate of drug-likeness (QED) is 0.489. The van der Waals surface area contributed by atoms with Crippen LogP contribution in [0.3, 0.4) is 0 Å². The highest BCUT2D eigenvalue weighted by atomic mass is 14.4. The van der Waals surface area contributed by atoms with Gasteiger partial charge in [0, 0.05) is 0 Å². The van der Waals surface area contributed by atoms with Crippen molar-refractivity contribution in [1.82, 2.24) is 0 Å². The highest BCUT2D eigenvalue weighted by molar-refractivity contribution is 4.84. The molecule has 0 aliphatic heterocycles. The maximum atomic E-state index is 2.54. The Morgan fingerprint density at radius 1 is 0.864 bits per heavy atom. The maximum Gasteiger partial charge on any atom is -0.0298 e. The molecular weight excluding hydrogens is 264 g/mol. The third kappa shape index (κ3) is 8.59. The fourth-order valence-electron chi connectivity index (χ4n) is 4.47. The summed E-state index contributed by atoms with van der Waals surface area (Å²) in [6.07, 6.45) is 19.1. The zero-order valence-electron chi connectivity index (χ0n) is 16.8. The highest BCUT2D eigenvalue weighted by Gasteiger charge is 2.33. The van der Waals surface area contributed by atoms with E-state index in [1.54, 1.807) is 0 Å². The van der Waals surface area contributed by atoms with Gasteiger partial charge in [-0.1, -0.05) is 112 Å². The lowest BCUT2D eigenvalue weighted by molar-refractivity contribution is 0.107. The molecule has 0 N–H and O–H groups in total. The topological polar surface area (TPSA) is 0 Å². The summed E-state index contributed by atoms with van der Waals surface area (Å²) in [5.41, 5.74) is 0.697. The lowest BCUT2D eigenvalue weighted by Gasteiger charge is -2.40. The highest BCUT2D eigenvalue weighted by Crippen LogP contribution is 2.45. The molecule has 0 aromatic rings. The van der Waals surface area contributed by atoms with Crippen LogP contribution < -0.4 is 0 Å². The summed E-state index contributed by atoms with van der Waals surface area (Å²) in [6, 6.07) is 0. The van der Waals surface area contributed by atoms with Gasteiger partial charge >= 0.3 is 0 Å². The first-order valence-corrected chi connectivity index (χ1v) is 10.6. The van der Waals surface area contributed by atoms with Crippen molar-refractivity contribution in [3.05, 3.63) is 0 Å². The lowest BCUT2D eigenvalue weighted by atomic mass is 9.65. The Hall–Kier alpha value is 0. The minimum Gasteiger partial charge on any atom is -0.0683 e. The summed E-state index contributed by atoms with van der Waals surface area (Å²) in [4.78, 5) is 0. The van der Waals surface area contributed by atoms with E-state index in [1.165, 1.54) is 83.5 Å². The fraction of sp³-hybridized carbons (Fsp3) is 1.00. The molecule has 2 aliphatic rings. The number of rotatable bonds is 4. The Balaban J connectivity index is 0.000000412. The second-order valence-corrected chi connectivity index (χ2v) is 7.85. The molecule has 0 spiro atoms. The first-order chi connectivity index (χ1) is 10.6. The van der Waals surface area contributed by atoms with Crippen LogP contribution in [0.1, 0.15) is 125 Å². The van der Waals surface area contributed by atoms with E-state index in [0.29, 0.717) is 5.41 Å². The molecule has 22 heavy (non-hydrogen) atoms. The zero-order chi connectivity index (χ0) is 16.8. The Bertz CT molecular complexity index is 218. The predicted molar refractivity (Wildman–Crippen MR) is 103 cm³/mol. The van der Waals surface area contributed by atoms with Crippen LogP contribution in [0.25, 0.3) is 0 Å². The maximum absolute atomic E-state index is 2.54. The molecule has 2 aliphatic carbocycles. The Morgan fingerprint density at radius 3 is 1.73 bits per heavy atom. The molecule has 1 unspecified atom stereocenters. The van der Waals surface area contributed by atoms with E-state index in [1.807, 2.05) is 13.8 Å². The van der Waals surface area contributed by atoms with E-state index in [0.717, 1.165) is 11.8 Å². The second-order valence-electron chi connectivity index (χ2n) is 7.85. The van der Waals surface area contributed by atoms with Crippen molar-refractivity contribution in [1.29, 1.82) is 0 Å². The Morgan fingerprint density at radius 2 is 1.36 bits per heavy atom. The first-order valence-electron chi connectivity index (χ1n) is 10.6. The van der Waals surface area contributed by atoms with Crippen molar-refractivity contribution in [2.45, 2.75) is 125 Å². The SMILES string of the molecule is CC.CC1CCCCC1.CCCC(CC)C1(C)CCCCC1. The molecule has 134 valence electrons. The van der Waals surface area contributed by atoms with Crippen LogP contribution in [0.15, 0.2) is 0 Å². The van der Waals surface area contributed by atoms with Crippen LogP contribution in [0.5, 0.6) is 0 Å². The van der Waals surface area contributed by atoms with Gasteiger partial charge in [-0.25, -0.2) is 0 Å². The third-order valence-corrected chi connectivity index (χ3v) is 6.01. The minimum absolute atomic E-state index is 0.697. The summed E-state index contributed by atoms with van der Waals surface area (Å²) in [6.45, 7) is 13.6. The molecule has 2 rings (SSSR count). The van der Waals surface area contributed by atoms with Gasteiger partial charge in [-0.15, -0.1) is 0 Å². The van der Waals surface area contributed by atoms with Gasteiger partial charge in [0.25, 0.3) is 0 Å². The van der Waals surface area contributed by atoms with Crippen LogP contribution in [0.2, 0.25) is 0 Å². The zero-order valence-corrected chi connectivity index (χ0v) is 16.8. The normalized spacial score (nSPS) is 22.6. The summed E-state index contributed by atoms with van der Waals surface area (Å²) >= 11 is 0. The molecule has 0 amide bonds. The summed E-state index contributed by atoms with van der Waals surface area (Å²) in [7, 11) is 0. The van der Waals surface area contributed by atoms with Crippen molar-refractivity contribution in [3.8, 4) is 0 Å². The van der Waals surface area contributed by atoms with Crippen molar-refractivity contribution >= 4 is 0 Å². The van der Waals surface area contributed by atoms with Gasteiger partial charge in [0.05, 0.1) is 0 Å². The average molecular weight is 311 g/mol. The van der Waals surface area contributed by atoms with E-state index in [4.69, 9.17) is 0 Å². The molecule has 0 aromatic heterocycles. The van der Waals surface area contributed by atoms with Crippen molar-refractivity contribution in [2.24, 2.45) is 17.3 Å². The van der Waals surface area contributed by atoms with Gasteiger partial charge < -0.3 is 0 Å². The summed E-state index contributed by atoms with van der Waals surface area (Å²) < 4.78 is 0. The molecule has 0 saturated heterocycles. The largest absolute Gasteiger partial charge is 0.0683 e. The standard InChI is InChI=1S/C13H26.C7H14.C2H6/c1-4-9-12(5-2)13(3)10-7-6-8-11-13;1-7-5-3-2-4-6-7;1-2/h12H,4-11H2,1-3H3;7H,2-6H2,1H3;1-2H3. The molecule has 2 saturated carbocycles. The van der Waals surface area contributed by atoms with E-state index >= 15 is 0 Å². The Kier molecular flexibility index (Phi) is 13.4.